The number of anilines is 1. The third-order valence-corrected chi connectivity index (χ3v) is 20.0. The van der Waals surface area contributed by atoms with Crippen molar-refractivity contribution < 1.29 is 38.4 Å². The van der Waals surface area contributed by atoms with Gasteiger partial charge in [0, 0.05) is 60.2 Å². The Morgan fingerprint density at radius 1 is 0.679 bits per heavy atom. The van der Waals surface area contributed by atoms with Crippen molar-refractivity contribution in [3.05, 3.63) is 136 Å². The molecule has 2 aliphatic heterocycles. The third-order valence-electron chi connectivity index (χ3n) is 17.3. The standard InChI is InChI=1S/C64H84N8O8Si/c1-10-39(2)57(74)70-53(63(80)72-38-81(8,9)37-55(72)61(78)69-52-24-16-20-43-18-12-14-22-49(43)52)33-41-25-27-44(28-26-41)58(75)66-46-31-29-45(30-32-46)59(76)67-47-34-54(60(77)68-51-23-15-19-42-17-11-13-21-48(42)51)71(36-47)62(79)50(64(4,5)6)35-56(73)40(3)65-7/h11-14,17-18,21-22,25-32,39-40,47,50-55,65H,10,15-16,19-20,23-24,33-38H2,1-9H3,(H,66,75)(H,67,76)(H,68,77)(H,69,78)(H,70,74)/t39-,40+,47+,50-,51?,52?,53?,54+,55+/m1/s1. The van der Waals surface area contributed by atoms with Gasteiger partial charge in [-0.25, -0.2) is 0 Å². The lowest BCUT2D eigenvalue weighted by Crippen LogP contribution is -2.55. The summed E-state index contributed by atoms with van der Waals surface area (Å²) >= 11 is 0. The molecule has 4 aromatic carbocycles. The quantitative estimate of drug-likeness (QED) is 0.0505. The zero-order chi connectivity index (χ0) is 58.3. The molecule has 0 saturated carbocycles. The number of amides is 7. The summed E-state index contributed by atoms with van der Waals surface area (Å²) in [5.74, 6) is -3.27. The second-order valence-corrected chi connectivity index (χ2v) is 30.0. The lowest BCUT2D eigenvalue weighted by atomic mass is 9.76. The van der Waals surface area contributed by atoms with Crippen LogP contribution < -0.4 is 31.9 Å². The van der Waals surface area contributed by atoms with Crippen LogP contribution >= 0.6 is 0 Å². The number of likely N-dealkylation sites (N-methyl/N-ethyl adjacent to an activating group) is 1. The fourth-order valence-electron chi connectivity index (χ4n) is 12.1. The molecule has 81 heavy (non-hydrogen) atoms. The Balaban J connectivity index is 0.914. The molecule has 0 bridgehead atoms. The first kappa shape index (κ1) is 60.1. The molecule has 16 nitrogen and oxygen atoms in total. The molecule has 2 heterocycles. The summed E-state index contributed by atoms with van der Waals surface area (Å²) in [6, 6.07) is 26.3. The monoisotopic (exact) mass is 1120 g/mol. The Kier molecular flexibility index (Phi) is 19.2. The first-order valence-corrected chi connectivity index (χ1v) is 32.6. The molecule has 6 N–H and O–H groups in total. The van der Waals surface area contributed by atoms with E-state index in [4.69, 9.17) is 0 Å². The van der Waals surface area contributed by atoms with E-state index in [1.807, 2.05) is 65.0 Å². The van der Waals surface area contributed by atoms with Crippen molar-refractivity contribution in [1.29, 1.82) is 0 Å². The van der Waals surface area contributed by atoms with Gasteiger partial charge in [0.2, 0.25) is 29.5 Å². The number of fused-ring (bicyclic) bond motifs is 2. The second-order valence-electron chi connectivity index (χ2n) is 25.0. The molecule has 17 heteroatoms. The van der Waals surface area contributed by atoms with Crippen LogP contribution in [0.2, 0.25) is 19.1 Å². The molecule has 0 aromatic heterocycles. The number of likely N-dealkylation sites (tertiary alicyclic amines) is 1. The van der Waals surface area contributed by atoms with Gasteiger partial charge in [0.05, 0.1) is 26.2 Å². The van der Waals surface area contributed by atoms with E-state index in [0.717, 1.165) is 55.2 Å². The van der Waals surface area contributed by atoms with Crippen LogP contribution in [0.4, 0.5) is 5.69 Å². The maximum Gasteiger partial charge on any atom is 0.255 e. The number of rotatable bonds is 19. The maximum atomic E-state index is 14.7. The highest BCUT2D eigenvalue weighted by molar-refractivity contribution is 6.79. The van der Waals surface area contributed by atoms with Crippen molar-refractivity contribution in [2.45, 2.75) is 167 Å². The number of benzene rings is 4. The van der Waals surface area contributed by atoms with E-state index in [-0.39, 0.29) is 79.1 Å². The van der Waals surface area contributed by atoms with E-state index >= 15 is 0 Å². The van der Waals surface area contributed by atoms with Gasteiger partial charge < -0.3 is 41.7 Å². The van der Waals surface area contributed by atoms with Gasteiger partial charge in [-0.1, -0.05) is 108 Å². The Morgan fingerprint density at radius 3 is 1.80 bits per heavy atom. The molecule has 4 aliphatic rings. The number of Topliss-reactive ketones (excluding diaryl/α,β-unsaturated/α-hetero) is 1. The lowest BCUT2D eigenvalue weighted by molar-refractivity contribution is -0.146. The van der Waals surface area contributed by atoms with Crippen LogP contribution in [0, 0.1) is 17.3 Å². The molecule has 9 atom stereocenters. The van der Waals surface area contributed by atoms with Crippen LogP contribution in [0.25, 0.3) is 0 Å². The van der Waals surface area contributed by atoms with E-state index < -0.39 is 61.4 Å². The molecule has 7 amide bonds. The highest BCUT2D eigenvalue weighted by Crippen LogP contribution is 2.36. The van der Waals surface area contributed by atoms with Crippen LogP contribution in [-0.2, 0) is 48.0 Å². The highest BCUT2D eigenvalue weighted by atomic mass is 28.3. The molecule has 0 radical (unpaired) electrons. The normalized spacial score (nSPS) is 21.7. The van der Waals surface area contributed by atoms with E-state index in [1.165, 1.54) is 11.1 Å². The van der Waals surface area contributed by atoms with Crippen LogP contribution in [0.5, 0.6) is 0 Å². The molecular weight excluding hydrogens is 1040 g/mol. The van der Waals surface area contributed by atoms with Gasteiger partial charge in [-0.2, -0.15) is 0 Å². The van der Waals surface area contributed by atoms with Crippen molar-refractivity contribution in [2.24, 2.45) is 17.3 Å². The minimum absolute atomic E-state index is 0.00178. The number of ketones is 1. The van der Waals surface area contributed by atoms with Gasteiger partial charge in [0.25, 0.3) is 11.8 Å². The second kappa shape index (κ2) is 25.9. The van der Waals surface area contributed by atoms with E-state index in [0.29, 0.717) is 35.4 Å². The van der Waals surface area contributed by atoms with Gasteiger partial charge in [-0.05, 0) is 141 Å². The minimum Gasteiger partial charge on any atom is -0.348 e. The smallest absolute Gasteiger partial charge is 0.255 e. The fraction of sp³-hybridized carbons (Fsp3) is 0.500. The van der Waals surface area contributed by atoms with Gasteiger partial charge >= 0.3 is 0 Å². The predicted molar refractivity (Wildman–Crippen MR) is 317 cm³/mol. The largest absolute Gasteiger partial charge is 0.348 e. The lowest BCUT2D eigenvalue weighted by Gasteiger charge is -2.36. The van der Waals surface area contributed by atoms with Crippen LogP contribution in [-0.4, -0.2) is 115 Å². The number of aryl methyl sites for hydroxylation is 2. The summed E-state index contributed by atoms with van der Waals surface area (Å²) in [4.78, 5) is 116. The molecular formula is C64H84N8O8Si. The minimum atomic E-state index is -2.01. The third kappa shape index (κ3) is 14.6. The number of carbonyl (C=O) groups is 8. The Bertz CT molecular complexity index is 2980. The molecule has 3 unspecified atom stereocenters. The molecule has 0 spiro atoms. The summed E-state index contributed by atoms with van der Waals surface area (Å²) in [6.45, 7) is 15.7. The summed E-state index contributed by atoms with van der Waals surface area (Å²) in [7, 11) is -0.311. The van der Waals surface area contributed by atoms with Gasteiger partial charge in [0.15, 0.2) is 0 Å². The van der Waals surface area contributed by atoms with Crippen molar-refractivity contribution in [3.8, 4) is 0 Å². The average molecular weight is 1120 g/mol. The summed E-state index contributed by atoms with van der Waals surface area (Å²) in [6.07, 6.45) is 6.77. The summed E-state index contributed by atoms with van der Waals surface area (Å²) in [5, 5.41) is 18.5. The van der Waals surface area contributed by atoms with Crippen LogP contribution in [0.1, 0.15) is 147 Å². The Hall–Kier alpha value is -6.98. The topological polar surface area (TPSA) is 215 Å². The predicted octanol–water partition coefficient (Wildman–Crippen LogP) is 7.79. The molecule has 2 fully saturated rings. The SMILES string of the molecule is CC[C@@H](C)C(=O)NC(Cc1ccc(C(=O)Nc2ccc(C(=O)N[C@H]3C[C@@H](C(=O)NC4CCCc5ccccc54)N(C(=O)[C@@H](CC(=O)[C@H](C)NC)C(C)(C)C)C3)cc2)cc1)C(=O)N1C[Si](C)(C)C[C@H]1C(=O)NC1CCCc2ccccc21. The van der Waals surface area contributed by atoms with E-state index in [9.17, 15) is 38.4 Å². The van der Waals surface area contributed by atoms with Crippen molar-refractivity contribution in [2.75, 3.05) is 25.1 Å². The van der Waals surface area contributed by atoms with Crippen LogP contribution in [0.3, 0.4) is 0 Å². The van der Waals surface area contributed by atoms with Crippen molar-refractivity contribution in [1.82, 2.24) is 36.4 Å². The van der Waals surface area contributed by atoms with Gasteiger partial charge in [0.1, 0.15) is 23.9 Å². The van der Waals surface area contributed by atoms with Gasteiger partial charge in [-0.15, -0.1) is 0 Å². The number of hydrogen-bond acceptors (Lipinski definition) is 9. The number of nitrogens with zero attached hydrogens (tertiary/aromatic N) is 2. The summed E-state index contributed by atoms with van der Waals surface area (Å²) < 4.78 is 0. The Morgan fingerprint density at radius 2 is 1.23 bits per heavy atom. The first-order valence-electron chi connectivity index (χ1n) is 29.2. The molecule has 8 rings (SSSR count). The average Bonchev–Trinajstić information content (AvgIpc) is 4.27. The van der Waals surface area contributed by atoms with E-state index in [1.54, 1.807) is 72.3 Å². The fourth-order valence-corrected chi connectivity index (χ4v) is 15.0. The van der Waals surface area contributed by atoms with E-state index in [2.05, 4.69) is 63.2 Å². The first-order chi connectivity index (χ1) is 38.5. The molecule has 4 aromatic rings. The maximum absolute atomic E-state index is 14.7. The highest BCUT2D eigenvalue weighted by Gasteiger charge is 2.48. The Labute approximate surface area is 479 Å². The molecule has 432 valence electrons. The molecule has 2 saturated heterocycles. The number of hydrogen-bond donors (Lipinski definition) is 6. The summed E-state index contributed by atoms with van der Waals surface area (Å²) in [5.41, 5.74) is 5.83. The number of nitrogens with one attached hydrogen (secondary N) is 6. The van der Waals surface area contributed by atoms with Crippen molar-refractivity contribution in [3.63, 3.8) is 0 Å². The van der Waals surface area contributed by atoms with Crippen molar-refractivity contribution >= 4 is 60.9 Å². The molecule has 2 aliphatic carbocycles. The zero-order valence-corrected chi connectivity index (χ0v) is 49.8. The number of carbonyl (C=O) groups excluding carboxylic acids is 8. The van der Waals surface area contributed by atoms with Gasteiger partial charge in [-0.3, -0.25) is 38.4 Å². The zero-order valence-electron chi connectivity index (χ0n) is 48.8. The van der Waals surface area contributed by atoms with Crippen LogP contribution in [0.15, 0.2) is 97.1 Å².